The summed E-state index contributed by atoms with van der Waals surface area (Å²) in [6.07, 6.45) is -0.0480. The van der Waals surface area contributed by atoms with Crippen LogP contribution in [0, 0.1) is 15.5 Å². The molecule has 0 bridgehead atoms. The van der Waals surface area contributed by atoms with Crippen molar-refractivity contribution in [1.82, 2.24) is 24.2 Å². The fourth-order valence-electron chi connectivity index (χ4n) is 8.62. The van der Waals surface area contributed by atoms with Crippen LogP contribution in [0.5, 0.6) is 23.0 Å². The van der Waals surface area contributed by atoms with Crippen molar-refractivity contribution >= 4 is 54.2 Å². The lowest BCUT2D eigenvalue weighted by molar-refractivity contribution is -0.385. The van der Waals surface area contributed by atoms with Crippen molar-refractivity contribution in [2.75, 3.05) is 46.3 Å². The first kappa shape index (κ1) is 56.3. The van der Waals surface area contributed by atoms with Crippen molar-refractivity contribution < 1.29 is 56.7 Å². The fourth-order valence-corrected chi connectivity index (χ4v) is 11.2. The van der Waals surface area contributed by atoms with Gasteiger partial charge in [0.25, 0.3) is 14.2 Å². The van der Waals surface area contributed by atoms with Crippen molar-refractivity contribution in [2.24, 2.45) is 5.41 Å². The van der Waals surface area contributed by atoms with Crippen molar-refractivity contribution in [3.63, 3.8) is 0 Å². The Bertz CT molecular complexity index is 2830. The minimum absolute atomic E-state index is 0.00357. The largest absolute Gasteiger partial charge is 0.497 e. The number of hydrogen-bond donors (Lipinski definition) is 1. The van der Waals surface area contributed by atoms with Crippen molar-refractivity contribution in [3.05, 3.63) is 136 Å². The summed E-state index contributed by atoms with van der Waals surface area (Å²) in [5.41, 5.74) is 0.988. The van der Waals surface area contributed by atoms with E-state index in [2.05, 4.69) is 52.6 Å². The zero-order chi connectivity index (χ0) is 54.0. The number of thioether (sulfide) groups is 1. The average Bonchev–Trinajstić information content (AvgIpc) is 4.02. The summed E-state index contributed by atoms with van der Waals surface area (Å²) in [6.45, 7) is 13.4. The summed E-state index contributed by atoms with van der Waals surface area (Å²) < 4.78 is 59.2. The average molecular weight is 1070 g/mol. The van der Waals surface area contributed by atoms with E-state index >= 15 is 0 Å². The van der Waals surface area contributed by atoms with E-state index in [4.69, 9.17) is 42.2 Å². The first-order valence-corrected chi connectivity index (χ1v) is 26.2. The van der Waals surface area contributed by atoms with Crippen LogP contribution in [-0.2, 0) is 40.3 Å². The third-order valence-electron chi connectivity index (χ3n) is 12.3. The molecule has 6 aromatic rings. The van der Waals surface area contributed by atoms with Gasteiger partial charge in [0.05, 0.1) is 64.0 Å². The number of methoxy groups -OCH3 is 4. The Morgan fingerprint density at radius 2 is 1.45 bits per heavy atom. The standard InChI is InChI=1S/C53H64N7O13PS/c1-33(2)59(34(3)4)74(71-32-75-50(61)52(5,6)7)73-44-27-46(58-31-56-47-48(54-30-55-49(47)58)57-51(62)69-28-35-25-42(67-10)43(68-11)26-41(35)60(63)64)72-45(44)29-70-53(36-15-13-12-14-16-36,37-17-21-39(65-8)22-18-37)38-19-23-40(66-9)24-20-38/h12-26,30-31,33-34,44-46H,27-29,32H2,1-11H3,(H,54,55,57,62)/t44-,45+,46+,74?/m0/s1. The van der Waals surface area contributed by atoms with E-state index in [-0.39, 0.29) is 70.3 Å². The molecule has 22 heteroatoms. The van der Waals surface area contributed by atoms with E-state index in [1.807, 2.05) is 99.6 Å². The fraction of sp³-hybridized carbons (Fsp3) is 0.415. The van der Waals surface area contributed by atoms with Crippen molar-refractivity contribution in [1.29, 1.82) is 0 Å². The monoisotopic (exact) mass is 1070 g/mol. The number of fused-ring (bicyclic) bond motifs is 1. The molecule has 75 heavy (non-hydrogen) atoms. The molecule has 1 fully saturated rings. The topological polar surface area (TPSA) is 219 Å². The summed E-state index contributed by atoms with van der Waals surface area (Å²) in [4.78, 5) is 51.2. The molecular formula is C53H64N7O13PS. The summed E-state index contributed by atoms with van der Waals surface area (Å²) in [6, 6.07) is 28.0. The maximum atomic E-state index is 13.3. The Labute approximate surface area is 441 Å². The molecule has 1 N–H and O–H groups in total. The molecule has 400 valence electrons. The second-order valence-corrected chi connectivity index (χ2v) is 21.2. The quantitative estimate of drug-likeness (QED) is 0.0207. The van der Waals surface area contributed by atoms with Gasteiger partial charge in [-0.3, -0.25) is 24.8 Å². The van der Waals surface area contributed by atoms with Gasteiger partial charge in [0.15, 0.2) is 33.6 Å². The number of hydrogen-bond acceptors (Lipinski definition) is 18. The number of amides is 1. The number of nitrogens with zero attached hydrogens (tertiary/aromatic N) is 6. The molecule has 1 amide bonds. The second-order valence-electron chi connectivity index (χ2n) is 18.9. The molecule has 4 atom stereocenters. The SMILES string of the molecule is COc1ccc(C(OC[C@H]2O[C@@H](n3cnc4c(NC(=O)OCc5cc(OC)c(OC)cc5[N+](=O)[O-])ncnc43)C[C@@H]2OP(OCSC(=O)C(C)(C)C)N(C(C)C)C(C)C)(c2ccccc2)c2ccc(OC)cc2)cc1. The number of imidazole rings is 1. The Morgan fingerprint density at radius 1 is 0.853 bits per heavy atom. The maximum absolute atomic E-state index is 13.3. The lowest BCUT2D eigenvalue weighted by atomic mass is 9.80. The normalized spacial score (nSPS) is 16.3. The predicted molar refractivity (Wildman–Crippen MR) is 284 cm³/mol. The third kappa shape index (κ3) is 13.0. The molecule has 1 saturated heterocycles. The Kier molecular flexibility index (Phi) is 18.7. The number of aromatic nitrogens is 4. The lowest BCUT2D eigenvalue weighted by Crippen LogP contribution is -2.39. The molecule has 4 aromatic carbocycles. The first-order chi connectivity index (χ1) is 35.9. The van der Waals surface area contributed by atoms with E-state index in [9.17, 15) is 19.7 Å². The molecule has 1 aliphatic rings. The summed E-state index contributed by atoms with van der Waals surface area (Å²) in [7, 11) is 4.18. The number of carbonyl (C=O) groups excluding carboxylic acids is 2. The molecule has 3 heterocycles. The Morgan fingerprint density at radius 3 is 2.01 bits per heavy atom. The highest BCUT2D eigenvalue weighted by Gasteiger charge is 2.45. The van der Waals surface area contributed by atoms with Gasteiger partial charge in [-0.25, -0.2) is 24.4 Å². The number of nitrogens with one attached hydrogen (secondary N) is 1. The van der Waals surface area contributed by atoms with Gasteiger partial charge in [0.2, 0.25) is 0 Å². The van der Waals surface area contributed by atoms with Crippen LogP contribution in [-0.4, -0.2) is 106 Å². The predicted octanol–water partition coefficient (Wildman–Crippen LogP) is 10.8. The minimum atomic E-state index is -1.81. The lowest BCUT2D eigenvalue weighted by Gasteiger charge is -2.39. The van der Waals surface area contributed by atoms with E-state index < -0.39 is 55.6 Å². The second kappa shape index (κ2) is 24.9. The van der Waals surface area contributed by atoms with Gasteiger partial charge in [-0.2, -0.15) is 0 Å². The van der Waals surface area contributed by atoms with Crippen LogP contribution in [0.4, 0.5) is 16.3 Å². The number of rotatable bonds is 23. The van der Waals surface area contributed by atoms with Crippen LogP contribution >= 0.6 is 20.3 Å². The van der Waals surface area contributed by atoms with Gasteiger partial charge in [-0.05, 0) is 74.7 Å². The summed E-state index contributed by atoms with van der Waals surface area (Å²) in [5, 5.41) is 14.5. The molecule has 20 nitrogen and oxygen atoms in total. The molecule has 2 aromatic heterocycles. The molecule has 0 radical (unpaired) electrons. The van der Waals surface area contributed by atoms with Crippen LogP contribution in [0.1, 0.15) is 83.4 Å². The smallest absolute Gasteiger partial charge is 0.413 e. The number of benzene rings is 4. The highest BCUT2D eigenvalue weighted by molar-refractivity contribution is 8.13. The van der Waals surface area contributed by atoms with E-state index in [1.54, 1.807) is 25.1 Å². The molecule has 0 aliphatic carbocycles. The van der Waals surface area contributed by atoms with Gasteiger partial charge < -0.3 is 42.2 Å². The van der Waals surface area contributed by atoms with E-state index in [0.29, 0.717) is 17.1 Å². The number of carbonyl (C=O) groups is 2. The Balaban J connectivity index is 1.24. The summed E-state index contributed by atoms with van der Waals surface area (Å²) in [5.74, 6) is 1.80. The van der Waals surface area contributed by atoms with E-state index in [0.717, 1.165) is 28.5 Å². The highest BCUT2D eigenvalue weighted by atomic mass is 32.2. The number of ether oxygens (including phenoxy) is 7. The maximum Gasteiger partial charge on any atom is 0.413 e. The van der Waals surface area contributed by atoms with Crippen LogP contribution in [0.3, 0.4) is 0 Å². The van der Waals surface area contributed by atoms with Gasteiger partial charge in [-0.15, -0.1) is 0 Å². The van der Waals surface area contributed by atoms with Gasteiger partial charge in [0, 0.05) is 23.9 Å². The van der Waals surface area contributed by atoms with Crippen molar-refractivity contribution in [3.8, 4) is 23.0 Å². The van der Waals surface area contributed by atoms with Gasteiger partial charge in [-0.1, -0.05) is 87.1 Å². The van der Waals surface area contributed by atoms with Crippen LogP contribution < -0.4 is 24.3 Å². The number of anilines is 1. The Hall–Kier alpha value is -6.45. The molecule has 0 spiro atoms. The van der Waals surface area contributed by atoms with Crippen molar-refractivity contribution in [2.45, 2.75) is 97.6 Å². The molecule has 1 aliphatic heterocycles. The van der Waals surface area contributed by atoms with Gasteiger partial charge in [0.1, 0.15) is 48.3 Å². The minimum Gasteiger partial charge on any atom is -0.497 e. The highest BCUT2D eigenvalue weighted by Crippen LogP contribution is 2.52. The summed E-state index contributed by atoms with van der Waals surface area (Å²) >= 11 is 1.11. The molecular weight excluding hydrogens is 1010 g/mol. The number of nitro benzene ring substituents is 1. The zero-order valence-electron chi connectivity index (χ0n) is 43.9. The molecule has 7 rings (SSSR count). The first-order valence-electron chi connectivity index (χ1n) is 24.1. The van der Waals surface area contributed by atoms with E-state index in [1.165, 1.54) is 32.7 Å². The van der Waals surface area contributed by atoms with Crippen LogP contribution in [0.2, 0.25) is 0 Å². The van der Waals surface area contributed by atoms with Gasteiger partial charge >= 0.3 is 6.09 Å². The number of nitro groups is 1. The zero-order valence-corrected chi connectivity index (χ0v) is 45.6. The van der Waals surface area contributed by atoms with Crippen LogP contribution in [0.25, 0.3) is 11.2 Å². The molecule has 1 unspecified atom stereocenters. The molecule has 0 saturated carbocycles. The third-order valence-corrected chi connectivity index (χ3v) is 15.7. The van der Waals surface area contributed by atoms with Crippen LogP contribution in [0.15, 0.2) is 104 Å².